The third kappa shape index (κ3) is 6.71. The van der Waals surface area contributed by atoms with Gasteiger partial charge in [-0.05, 0) is 65.9 Å². The summed E-state index contributed by atoms with van der Waals surface area (Å²) in [6, 6.07) is 12.2. The number of unbranched alkanes of at least 4 members (excludes halogenated alkanes) is 1. The summed E-state index contributed by atoms with van der Waals surface area (Å²) in [7, 11) is 0. The zero-order valence-electron chi connectivity index (χ0n) is 19.9. The normalized spacial score (nSPS) is 11.4. The maximum Gasteiger partial charge on any atom is 0.417 e. The highest BCUT2D eigenvalue weighted by atomic mass is 19.4. The number of hydrogen-bond donors (Lipinski definition) is 3. The Bertz CT molecular complexity index is 1410. The summed E-state index contributed by atoms with van der Waals surface area (Å²) in [5.41, 5.74) is -0.515. The molecule has 0 unspecified atom stereocenters. The third-order valence-electron chi connectivity index (χ3n) is 5.48. The molecule has 0 aliphatic heterocycles. The number of amides is 1. The van der Waals surface area contributed by atoms with E-state index < -0.39 is 23.5 Å². The van der Waals surface area contributed by atoms with E-state index in [9.17, 15) is 22.4 Å². The fraction of sp³-hybridized carbons (Fsp3) is 0.231. The first-order valence-corrected chi connectivity index (χ1v) is 11.6. The van der Waals surface area contributed by atoms with Gasteiger partial charge in [0.2, 0.25) is 5.82 Å². The van der Waals surface area contributed by atoms with Gasteiger partial charge in [-0.2, -0.15) is 13.2 Å². The van der Waals surface area contributed by atoms with Crippen LogP contribution in [0.1, 0.15) is 40.4 Å². The topological polar surface area (TPSA) is 113 Å². The first-order chi connectivity index (χ1) is 18.2. The van der Waals surface area contributed by atoms with Crippen molar-refractivity contribution in [2.24, 2.45) is 0 Å². The number of pyridine rings is 1. The van der Waals surface area contributed by atoms with E-state index in [0.717, 1.165) is 6.07 Å². The molecular formula is C26H23F4N5O3. The van der Waals surface area contributed by atoms with E-state index in [1.807, 2.05) is 0 Å². The van der Waals surface area contributed by atoms with Gasteiger partial charge in [0, 0.05) is 19.2 Å². The molecule has 4 aromatic rings. The van der Waals surface area contributed by atoms with Crippen LogP contribution < -0.4 is 10.1 Å². The van der Waals surface area contributed by atoms with E-state index in [1.165, 1.54) is 36.5 Å². The average molecular weight is 529 g/mol. The Labute approximate surface area is 214 Å². The highest BCUT2D eigenvalue weighted by molar-refractivity contribution is 6.01. The highest BCUT2D eigenvalue weighted by Gasteiger charge is 2.34. The molecule has 2 aromatic carbocycles. The largest absolute Gasteiger partial charge is 0.494 e. The van der Waals surface area contributed by atoms with E-state index in [-0.39, 0.29) is 54.0 Å². The van der Waals surface area contributed by atoms with Crippen LogP contribution >= 0.6 is 0 Å². The van der Waals surface area contributed by atoms with Gasteiger partial charge in [0.15, 0.2) is 0 Å². The molecule has 12 heteroatoms. The molecule has 0 bridgehead atoms. The minimum Gasteiger partial charge on any atom is -0.494 e. The van der Waals surface area contributed by atoms with Crippen molar-refractivity contribution in [2.45, 2.75) is 25.4 Å². The van der Waals surface area contributed by atoms with Crippen molar-refractivity contribution in [3.8, 4) is 16.9 Å². The van der Waals surface area contributed by atoms with Crippen molar-refractivity contribution in [3.05, 3.63) is 89.4 Å². The molecule has 1 amide bonds. The number of rotatable bonds is 10. The summed E-state index contributed by atoms with van der Waals surface area (Å²) in [5.74, 6) is -0.936. The number of anilines is 1. The fourth-order valence-corrected chi connectivity index (χ4v) is 3.64. The molecule has 0 saturated heterocycles. The van der Waals surface area contributed by atoms with E-state index in [0.29, 0.717) is 18.4 Å². The Kier molecular flexibility index (Phi) is 8.31. The molecule has 198 valence electrons. The van der Waals surface area contributed by atoms with Gasteiger partial charge < -0.3 is 15.2 Å². The van der Waals surface area contributed by atoms with Crippen LogP contribution in [0, 0.1) is 5.82 Å². The molecule has 38 heavy (non-hydrogen) atoms. The lowest BCUT2D eigenvalue weighted by Crippen LogP contribution is -2.15. The Morgan fingerprint density at radius 3 is 2.66 bits per heavy atom. The Morgan fingerprint density at radius 1 is 1.08 bits per heavy atom. The first kappa shape index (κ1) is 26.7. The van der Waals surface area contributed by atoms with Crippen molar-refractivity contribution in [2.75, 3.05) is 18.5 Å². The molecule has 4 rings (SSSR count). The lowest BCUT2D eigenvalue weighted by atomic mass is 9.99. The van der Waals surface area contributed by atoms with Crippen molar-refractivity contribution < 1.29 is 32.2 Å². The lowest BCUT2D eigenvalue weighted by molar-refractivity contribution is -0.137. The summed E-state index contributed by atoms with van der Waals surface area (Å²) < 4.78 is 60.6. The van der Waals surface area contributed by atoms with Gasteiger partial charge in [-0.3, -0.25) is 9.89 Å². The molecule has 0 radical (unpaired) electrons. The smallest absolute Gasteiger partial charge is 0.417 e. The van der Waals surface area contributed by atoms with Gasteiger partial charge in [-0.15, -0.1) is 5.10 Å². The van der Waals surface area contributed by atoms with E-state index in [2.05, 4.69) is 25.5 Å². The molecule has 0 fully saturated rings. The van der Waals surface area contributed by atoms with E-state index in [1.54, 1.807) is 18.2 Å². The van der Waals surface area contributed by atoms with E-state index in [4.69, 9.17) is 9.84 Å². The molecule has 2 aromatic heterocycles. The number of nitrogens with zero attached hydrogens (tertiary/aromatic N) is 3. The number of aliphatic hydroxyl groups excluding tert-OH is 1. The summed E-state index contributed by atoms with van der Waals surface area (Å²) in [6.45, 7) is 0.229. The van der Waals surface area contributed by atoms with Gasteiger partial charge in [-0.25, -0.2) is 14.4 Å². The number of hydrogen-bond acceptors (Lipinski definition) is 6. The number of aromatic amines is 1. The fourth-order valence-electron chi connectivity index (χ4n) is 3.64. The van der Waals surface area contributed by atoms with Crippen LogP contribution in [0.2, 0.25) is 0 Å². The predicted octanol–water partition coefficient (Wildman–Crippen LogP) is 5.02. The maximum absolute atomic E-state index is 13.9. The summed E-state index contributed by atoms with van der Waals surface area (Å²) in [4.78, 5) is 20.7. The molecule has 0 spiro atoms. The molecular weight excluding hydrogens is 506 g/mol. The van der Waals surface area contributed by atoms with Gasteiger partial charge in [0.25, 0.3) is 5.91 Å². The van der Waals surface area contributed by atoms with Crippen LogP contribution in [-0.4, -0.2) is 44.4 Å². The minimum atomic E-state index is -4.63. The van der Waals surface area contributed by atoms with Crippen LogP contribution in [0.5, 0.6) is 5.75 Å². The lowest BCUT2D eigenvalue weighted by Gasteiger charge is -2.16. The Balaban J connectivity index is 1.53. The standard InChI is InChI=1S/C26H23F4N5O3/c27-21-6-2-1-5-17(21)14-23-32-24(35-34-23)25(37)33-22-13-16(9-10-31-22)19-15-18(38-12-4-3-11-36)7-8-20(19)26(28,29)30/h1-2,5-10,13,15,36H,3-4,11-12,14H2,(H,31,33,37)(H,32,34,35). The minimum absolute atomic E-state index is 0.00613. The van der Waals surface area contributed by atoms with E-state index >= 15 is 0 Å². The van der Waals surface area contributed by atoms with Crippen molar-refractivity contribution in [1.29, 1.82) is 0 Å². The SMILES string of the molecule is O=C(Nc1cc(-c2cc(OCCCCO)ccc2C(F)(F)F)ccn1)c1n[nH]c(Cc2ccccc2F)n1. The number of halogens is 4. The van der Waals surface area contributed by atoms with Crippen LogP contribution in [0.3, 0.4) is 0 Å². The van der Waals surface area contributed by atoms with Crippen LogP contribution in [-0.2, 0) is 12.6 Å². The van der Waals surface area contributed by atoms with Crippen molar-refractivity contribution in [3.63, 3.8) is 0 Å². The number of ether oxygens (including phenoxy) is 1. The van der Waals surface area contributed by atoms with Crippen molar-refractivity contribution in [1.82, 2.24) is 20.2 Å². The van der Waals surface area contributed by atoms with Crippen LogP contribution in [0.25, 0.3) is 11.1 Å². The zero-order chi connectivity index (χ0) is 27.1. The Morgan fingerprint density at radius 2 is 1.89 bits per heavy atom. The number of carbonyl (C=O) groups excluding carboxylic acids is 1. The van der Waals surface area contributed by atoms with Crippen LogP contribution in [0.15, 0.2) is 60.8 Å². The third-order valence-corrected chi connectivity index (χ3v) is 5.48. The quantitative estimate of drug-likeness (QED) is 0.197. The van der Waals surface area contributed by atoms with Gasteiger partial charge >= 0.3 is 6.18 Å². The second kappa shape index (κ2) is 11.8. The zero-order valence-corrected chi connectivity index (χ0v) is 19.9. The monoisotopic (exact) mass is 529 g/mol. The number of aliphatic hydroxyl groups is 1. The average Bonchev–Trinajstić information content (AvgIpc) is 3.36. The summed E-state index contributed by atoms with van der Waals surface area (Å²) in [6.07, 6.45) is -2.23. The molecule has 2 heterocycles. The molecule has 0 aliphatic carbocycles. The molecule has 8 nitrogen and oxygen atoms in total. The number of carbonyl (C=O) groups is 1. The van der Waals surface area contributed by atoms with Crippen LogP contribution in [0.4, 0.5) is 23.4 Å². The number of nitrogens with one attached hydrogen (secondary N) is 2. The van der Waals surface area contributed by atoms with Gasteiger partial charge in [-0.1, -0.05) is 18.2 Å². The number of alkyl halides is 3. The number of benzene rings is 2. The molecule has 0 saturated carbocycles. The molecule has 0 aliphatic rings. The van der Waals surface area contributed by atoms with Gasteiger partial charge in [0.05, 0.1) is 12.2 Å². The second-order valence-electron chi connectivity index (χ2n) is 8.24. The highest BCUT2D eigenvalue weighted by Crippen LogP contribution is 2.39. The predicted molar refractivity (Wildman–Crippen MR) is 130 cm³/mol. The maximum atomic E-state index is 13.9. The Hall–Kier alpha value is -4.32. The molecule has 0 atom stereocenters. The molecule has 3 N–H and O–H groups in total. The van der Waals surface area contributed by atoms with Gasteiger partial charge in [0.1, 0.15) is 23.2 Å². The summed E-state index contributed by atoms with van der Waals surface area (Å²) in [5, 5.41) is 17.8. The second-order valence-corrected chi connectivity index (χ2v) is 8.24. The van der Waals surface area contributed by atoms with Crippen molar-refractivity contribution >= 4 is 11.7 Å². The first-order valence-electron chi connectivity index (χ1n) is 11.6. The summed E-state index contributed by atoms with van der Waals surface area (Å²) >= 11 is 0. The number of aromatic nitrogens is 4. The number of H-pyrrole nitrogens is 1.